The molecule has 3 rings (SSSR count). The molecule has 0 radical (unpaired) electrons. The number of benzene rings is 2. The Hall–Kier alpha value is -3.55. The second-order valence-corrected chi connectivity index (χ2v) is 5.05. The molecular formula is C17H14N4O4. The molecule has 0 atom stereocenters. The van der Waals surface area contributed by atoms with Crippen LogP contribution < -0.4 is 0 Å². The molecule has 0 fully saturated rings. The highest BCUT2D eigenvalue weighted by molar-refractivity contribution is 5.94. The zero-order valence-electron chi connectivity index (χ0n) is 13.3. The summed E-state index contributed by atoms with van der Waals surface area (Å²) >= 11 is 0. The number of nitro benzene ring substituents is 1. The summed E-state index contributed by atoms with van der Waals surface area (Å²) in [5.74, 6) is -0.575. The van der Waals surface area contributed by atoms with Crippen molar-refractivity contribution in [3.05, 3.63) is 70.4 Å². The largest absolute Gasteiger partial charge is 0.461 e. The number of hydrogen-bond acceptors (Lipinski definition) is 6. The minimum atomic E-state index is -0.575. The van der Waals surface area contributed by atoms with Gasteiger partial charge in [0, 0.05) is 17.7 Å². The van der Waals surface area contributed by atoms with Crippen LogP contribution in [0.3, 0.4) is 0 Å². The molecule has 0 amide bonds. The van der Waals surface area contributed by atoms with Crippen LogP contribution in [0.4, 0.5) is 5.69 Å². The standard InChI is InChI=1S/C17H14N4O4/c1-2-25-17(22)16-15(12-6-4-3-5-7-12)18-20(19-16)13-8-10-14(11-9-13)21(23)24/h3-11H,2H2,1H3. The van der Waals surface area contributed by atoms with Gasteiger partial charge in [-0.3, -0.25) is 10.1 Å². The Labute approximate surface area is 142 Å². The fraction of sp³-hybridized carbons (Fsp3) is 0.118. The van der Waals surface area contributed by atoms with Crippen LogP contribution in [-0.2, 0) is 4.74 Å². The van der Waals surface area contributed by atoms with E-state index >= 15 is 0 Å². The molecule has 0 saturated carbocycles. The Balaban J connectivity index is 2.06. The smallest absolute Gasteiger partial charge is 0.361 e. The van der Waals surface area contributed by atoms with Crippen LogP contribution in [0.25, 0.3) is 16.9 Å². The number of rotatable bonds is 5. The van der Waals surface area contributed by atoms with Gasteiger partial charge in [-0.2, -0.15) is 4.80 Å². The van der Waals surface area contributed by atoms with Crippen molar-refractivity contribution in [2.75, 3.05) is 6.61 Å². The monoisotopic (exact) mass is 338 g/mol. The van der Waals surface area contributed by atoms with Crippen molar-refractivity contribution < 1.29 is 14.5 Å². The number of nitro groups is 1. The summed E-state index contributed by atoms with van der Waals surface area (Å²) in [7, 11) is 0. The number of carbonyl (C=O) groups is 1. The second-order valence-electron chi connectivity index (χ2n) is 5.05. The van der Waals surface area contributed by atoms with Gasteiger partial charge < -0.3 is 4.74 Å². The number of hydrogen-bond donors (Lipinski definition) is 0. The van der Waals surface area contributed by atoms with Gasteiger partial charge in [-0.1, -0.05) is 30.3 Å². The van der Waals surface area contributed by atoms with Crippen molar-refractivity contribution in [1.82, 2.24) is 15.0 Å². The zero-order valence-corrected chi connectivity index (χ0v) is 13.3. The Morgan fingerprint density at radius 2 is 1.80 bits per heavy atom. The molecule has 0 aliphatic carbocycles. The zero-order chi connectivity index (χ0) is 17.8. The maximum absolute atomic E-state index is 12.2. The molecule has 2 aromatic carbocycles. The van der Waals surface area contributed by atoms with Crippen LogP contribution in [0.1, 0.15) is 17.4 Å². The Kier molecular flexibility index (Phi) is 4.51. The average Bonchev–Trinajstić information content (AvgIpc) is 3.08. The topological polar surface area (TPSA) is 100 Å². The molecular weight excluding hydrogens is 324 g/mol. The summed E-state index contributed by atoms with van der Waals surface area (Å²) in [5.41, 5.74) is 1.66. The number of esters is 1. The van der Waals surface area contributed by atoms with E-state index in [-0.39, 0.29) is 18.0 Å². The van der Waals surface area contributed by atoms with Crippen LogP contribution in [0.15, 0.2) is 54.6 Å². The first-order valence-corrected chi connectivity index (χ1v) is 7.55. The molecule has 8 nitrogen and oxygen atoms in total. The molecule has 0 saturated heterocycles. The predicted molar refractivity (Wildman–Crippen MR) is 89.4 cm³/mol. The second kappa shape index (κ2) is 6.91. The van der Waals surface area contributed by atoms with E-state index in [1.807, 2.05) is 30.3 Å². The van der Waals surface area contributed by atoms with E-state index in [2.05, 4.69) is 10.2 Å². The Morgan fingerprint density at radius 1 is 1.12 bits per heavy atom. The summed E-state index contributed by atoms with van der Waals surface area (Å²) in [6, 6.07) is 14.9. The lowest BCUT2D eigenvalue weighted by molar-refractivity contribution is -0.384. The SMILES string of the molecule is CCOC(=O)c1nn(-c2ccc([N+](=O)[O-])cc2)nc1-c1ccccc1. The lowest BCUT2D eigenvalue weighted by atomic mass is 10.1. The van der Waals surface area contributed by atoms with Crippen molar-refractivity contribution in [3.8, 4) is 16.9 Å². The Bertz CT molecular complexity index is 904. The van der Waals surface area contributed by atoms with Crippen molar-refractivity contribution in [2.45, 2.75) is 6.92 Å². The fourth-order valence-electron chi connectivity index (χ4n) is 2.26. The summed E-state index contributed by atoms with van der Waals surface area (Å²) in [6.07, 6.45) is 0. The molecule has 0 aliphatic heterocycles. The Morgan fingerprint density at radius 3 is 2.40 bits per heavy atom. The van der Waals surface area contributed by atoms with Gasteiger partial charge >= 0.3 is 5.97 Å². The van der Waals surface area contributed by atoms with E-state index in [4.69, 9.17) is 4.74 Å². The molecule has 25 heavy (non-hydrogen) atoms. The van der Waals surface area contributed by atoms with Crippen LogP contribution in [0, 0.1) is 10.1 Å². The summed E-state index contributed by atoms with van der Waals surface area (Å²) in [4.78, 5) is 23.7. The molecule has 0 N–H and O–H groups in total. The average molecular weight is 338 g/mol. The molecule has 3 aromatic rings. The van der Waals surface area contributed by atoms with Crippen LogP contribution in [0.5, 0.6) is 0 Å². The first-order chi connectivity index (χ1) is 12.1. The van der Waals surface area contributed by atoms with Gasteiger partial charge in [0.15, 0.2) is 5.69 Å². The molecule has 0 spiro atoms. The third-order valence-electron chi connectivity index (χ3n) is 3.42. The van der Waals surface area contributed by atoms with Gasteiger partial charge in [0.25, 0.3) is 5.69 Å². The summed E-state index contributed by atoms with van der Waals surface area (Å²) in [6.45, 7) is 1.93. The van der Waals surface area contributed by atoms with Gasteiger partial charge in [0.2, 0.25) is 0 Å². The number of non-ortho nitro benzene ring substituents is 1. The van der Waals surface area contributed by atoms with Crippen LogP contribution >= 0.6 is 0 Å². The van der Waals surface area contributed by atoms with Crippen molar-refractivity contribution in [2.24, 2.45) is 0 Å². The summed E-state index contributed by atoms with van der Waals surface area (Å²) in [5, 5.41) is 19.3. The molecule has 126 valence electrons. The highest BCUT2D eigenvalue weighted by Gasteiger charge is 2.21. The molecule has 0 aliphatic rings. The highest BCUT2D eigenvalue weighted by Crippen LogP contribution is 2.23. The first-order valence-electron chi connectivity index (χ1n) is 7.55. The maximum atomic E-state index is 12.2. The van der Waals surface area contributed by atoms with Gasteiger partial charge in [-0.15, -0.1) is 10.2 Å². The first kappa shape index (κ1) is 16.3. The molecule has 1 heterocycles. The molecule has 0 bridgehead atoms. The molecule has 1 aromatic heterocycles. The van der Waals surface area contributed by atoms with Gasteiger partial charge in [-0.05, 0) is 19.1 Å². The van der Waals surface area contributed by atoms with E-state index in [0.717, 1.165) is 5.56 Å². The number of ether oxygens (including phenoxy) is 1. The van der Waals surface area contributed by atoms with Crippen molar-refractivity contribution in [1.29, 1.82) is 0 Å². The molecule has 0 unspecified atom stereocenters. The van der Waals surface area contributed by atoms with Gasteiger partial charge in [0.1, 0.15) is 5.69 Å². The van der Waals surface area contributed by atoms with E-state index in [1.54, 1.807) is 6.92 Å². The van der Waals surface area contributed by atoms with Crippen LogP contribution in [0.2, 0.25) is 0 Å². The minimum Gasteiger partial charge on any atom is -0.461 e. The minimum absolute atomic E-state index is 0.0372. The third-order valence-corrected chi connectivity index (χ3v) is 3.42. The maximum Gasteiger partial charge on any atom is 0.361 e. The van der Waals surface area contributed by atoms with Gasteiger partial charge in [0.05, 0.1) is 17.2 Å². The fourth-order valence-corrected chi connectivity index (χ4v) is 2.26. The van der Waals surface area contributed by atoms with Crippen molar-refractivity contribution in [3.63, 3.8) is 0 Å². The van der Waals surface area contributed by atoms with E-state index < -0.39 is 10.9 Å². The van der Waals surface area contributed by atoms with Crippen molar-refractivity contribution >= 4 is 11.7 Å². The quantitative estimate of drug-likeness (QED) is 0.403. The number of nitrogens with zero attached hydrogens (tertiary/aromatic N) is 4. The number of aromatic nitrogens is 3. The van der Waals surface area contributed by atoms with E-state index in [0.29, 0.717) is 11.4 Å². The summed E-state index contributed by atoms with van der Waals surface area (Å²) < 4.78 is 5.05. The van der Waals surface area contributed by atoms with Crippen LogP contribution in [-0.4, -0.2) is 32.5 Å². The third kappa shape index (κ3) is 3.37. The highest BCUT2D eigenvalue weighted by atomic mass is 16.6. The van der Waals surface area contributed by atoms with Gasteiger partial charge in [-0.25, -0.2) is 4.79 Å². The van der Waals surface area contributed by atoms with E-state index in [9.17, 15) is 14.9 Å². The molecule has 8 heteroatoms. The number of carbonyl (C=O) groups excluding carboxylic acids is 1. The lowest BCUT2D eigenvalue weighted by Crippen LogP contribution is -2.07. The lowest BCUT2D eigenvalue weighted by Gasteiger charge is -2.00. The predicted octanol–water partition coefficient (Wildman–Crippen LogP) is 3.02. The van der Waals surface area contributed by atoms with E-state index in [1.165, 1.54) is 29.1 Å². The normalized spacial score (nSPS) is 10.4.